The molecule has 0 aromatic carbocycles. The second-order valence-corrected chi connectivity index (χ2v) is 5.52. The third kappa shape index (κ3) is 7.92. The van der Waals surface area contributed by atoms with Gasteiger partial charge in [-0.15, -0.1) is 0 Å². The van der Waals surface area contributed by atoms with Gasteiger partial charge in [-0.3, -0.25) is 9.59 Å². The molecule has 6 nitrogen and oxygen atoms in total. The second-order valence-electron chi connectivity index (χ2n) is 3.38. The molecule has 0 atom stereocenters. The van der Waals surface area contributed by atoms with Gasteiger partial charge in [0, 0.05) is 26.3 Å². The Kier molecular flexibility index (Phi) is 5.27. The number of carbonyl (C=O) groups is 2. The molecule has 88 valence electrons. The van der Waals surface area contributed by atoms with Gasteiger partial charge in [-0.2, -0.15) is 0 Å². The molecule has 0 radical (unpaired) electrons. The lowest BCUT2D eigenvalue weighted by Crippen LogP contribution is -2.33. The molecule has 0 aromatic rings. The van der Waals surface area contributed by atoms with Crippen LogP contribution < -0.4 is 0 Å². The Bertz CT molecular complexity index is 335. The number of hydrogen-bond acceptors (Lipinski definition) is 4. The fourth-order valence-electron chi connectivity index (χ4n) is 0.927. The number of carboxylic acids is 1. The van der Waals surface area contributed by atoms with Crippen molar-refractivity contribution in [2.75, 3.05) is 25.6 Å². The Morgan fingerprint density at radius 1 is 1.33 bits per heavy atom. The molecular formula is C8H15NO5S. The first-order chi connectivity index (χ1) is 6.72. The van der Waals surface area contributed by atoms with Gasteiger partial charge < -0.3 is 10.0 Å². The van der Waals surface area contributed by atoms with Crippen molar-refractivity contribution in [3.05, 3.63) is 0 Å². The summed E-state index contributed by atoms with van der Waals surface area (Å²) in [5, 5.41) is 8.35. The minimum atomic E-state index is -3.32. The lowest BCUT2D eigenvalue weighted by atomic mass is 10.3. The number of carbonyl (C=O) groups excluding carboxylic acids is 1. The summed E-state index contributed by atoms with van der Waals surface area (Å²) in [6.45, 7) is 0.251. The van der Waals surface area contributed by atoms with Crippen LogP contribution in [0.2, 0.25) is 0 Å². The summed E-state index contributed by atoms with van der Waals surface area (Å²) in [6.07, 6.45) is 1.27. The number of aliphatic carboxylic acids is 1. The Hall–Kier alpha value is -1.11. The van der Waals surface area contributed by atoms with E-state index in [1.165, 1.54) is 11.9 Å². The normalized spacial score (nSPS) is 11.1. The molecule has 0 rings (SSSR count). The van der Waals surface area contributed by atoms with E-state index in [0.717, 1.165) is 6.26 Å². The van der Waals surface area contributed by atoms with Crippen molar-refractivity contribution in [3.63, 3.8) is 0 Å². The van der Waals surface area contributed by atoms with Crippen LogP contribution in [0.1, 0.15) is 12.8 Å². The van der Waals surface area contributed by atoms with Crippen LogP contribution in [0.15, 0.2) is 0 Å². The number of hydrogen-bond donors (Lipinski definition) is 1. The van der Waals surface area contributed by atoms with E-state index < -0.39 is 27.5 Å². The zero-order valence-corrected chi connectivity index (χ0v) is 9.58. The summed E-state index contributed by atoms with van der Waals surface area (Å²) in [5.74, 6) is -1.97. The van der Waals surface area contributed by atoms with Gasteiger partial charge in [-0.1, -0.05) is 0 Å². The third-order valence-corrected chi connectivity index (χ3v) is 2.47. The SMILES string of the molecule is CN(CCCC(=O)O)C(=O)CS(C)(=O)=O. The maximum absolute atomic E-state index is 11.2. The average molecular weight is 237 g/mol. The van der Waals surface area contributed by atoms with Crippen LogP contribution >= 0.6 is 0 Å². The Balaban J connectivity index is 3.95. The largest absolute Gasteiger partial charge is 0.481 e. The topological polar surface area (TPSA) is 91.8 Å². The zero-order valence-electron chi connectivity index (χ0n) is 8.76. The van der Waals surface area contributed by atoms with Crippen molar-refractivity contribution >= 4 is 21.7 Å². The minimum Gasteiger partial charge on any atom is -0.481 e. The Morgan fingerprint density at radius 3 is 2.27 bits per heavy atom. The molecule has 0 aliphatic rings. The monoisotopic (exact) mass is 237 g/mol. The standard InChI is InChI=1S/C8H15NO5S/c1-9(5-3-4-8(11)12)7(10)6-15(2,13)14/h3-6H2,1-2H3,(H,11,12). The highest BCUT2D eigenvalue weighted by Crippen LogP contribution is 1.95. The van der Waals surface area contributed by atoms with Crippen molar-refractivity contribution < 1.29 is 23.1 Å². The Morgan fingerprint density at radius 2 is 1.87 bits per heavy atom. The molecule has 0 fully saturated rings. The number of carboxylic acid groups (broad SMARTS) is 1. The zero-order chi connectivity index (χ0) is 12.1. The van der Waals surface area contributed by atoms with Gasteiger partial charge in [0.15, 0.2) is 9.84 Å². The highest BCUT2D eigenvalue weighted by atomic mass is 32.2. The van der Waals surface area contributed by atoms with Crippen molar-refractivity contribution in [3.8, 4) is 0 Å². The van der Waals surface area contributed by atoms with E-state index in [4.69, 9.17) is 5.11 Å². The number of nitrogens with zero attached hydrogens (tertiary/aromatic N) is 1. The van der Waals surface area contributed by atoms with E-state index >= 15 is 0 Å². The summed E-state index contributed by atoms with van der Waals surface area (Å²) in [6, 6.07) is 0. The molecule has 0 bridgehead atoms. The molecular weight excluding hydrogens is 222 g/mol. The first kappa shape index (κ1) is 13.9. The molecule has 0 saturated carbocycles. The van der Waals surface area contributed by atoms with Crippen molar-refractivity contribution in [1.82, 2.24) is 4.90 Å². The van der Waals surface area contributed by atoms with Crippen LogP contribution in [0.3, 0.4) is 0 Å². The molecule has 15 heavy (non-hydrogen) atoms. The predicted octanol–water partition coefficient (Wildman–Crippen LogP) is -0.646. The lowest BCUT2D eigenvalue weighted by Gasteiger charge is -2.15. The van der Waals surface area contributed by atoms with Gasteiger partial charge in [0.2, 0.25) is 5.91 Å². The highest BCUT2D eigenvalue weighted by Gasteiger charge is 2.15. The second kappa shape index (κ2) is 5.69. The molecule has 7 heteroatoms. The van der Waals surface area contributed by atoms with Gasteiger partial charge in [-0.25, -0.2) is 8.42 Å². The van der Waals surface area contributed by atoms with Crippen LogP contribution in [-0.2, 0) is 19.4 Å². The van der Waals surface area contributed by atoms with E-state index in [-0.39, 0.29) is 13.0 Å². The molecule has 0 aliphatic heterocycles. The maximum Gasteiger partial charge on any atom is 0.303 e. The van der Waals surface area contributed by atoms with Gasteiger partial charge in [0.05, 0.1) is 0 Å². The summed E-state index contributed by atoms with van der Waals surface area (Å²) < 4.78 is 21.6. The maximum atomic E-state index is 11.2. The first-order valence-electron chi connectivity index (χ1n) is 4.36. The Labute approximate surface area is 88.8 Å². The molecule has 0 aromatic heterocycles. The molecule has 0 spiro atoms. The van der Waals surface area contributed by atoms with Crippen LogP contribution in [0.25, 0.3) is 0 Å². The molecule has 0 saturated heterocycles. The summed E-state index contributed by atoms with van der Waals surface area (Å²) in [4.78, 5) is 22.6. The number of sulfone groups is 1. The summed E-state index contributed by atoms with van der Waals surface area (Å²) in [5.41, 5.74) is 0. The molecule has 0 heterocycles. The van der Waals surface area contributed by atoms with Crippen molar-refractivity contribution in [2.24, 2.45) is 0 Å². The third-order valence-electron chi connectivity index (χ3n) is 1.70. The minimum absolute atomic E-state index is 0.0313. The van der Waals surface area contributed by atoms with E-state index in [1.54, 1.807) is 0 Å². The molecule has 1 amide bonds. The van der Waals surface area contributed by atoms with E-state index in [0.29, 0.717) is 6.42 Å². The van der Waals surface area contributed by atoms with Crippen molar-refractivity contribution in [1.29, 1.82) is 0 Å². The van der Waals surface area contributed by atoms with Gasteiger partial charge in [0.1, 0.15) is 5.75 Å². The van der Waals surface area contributed by atoms with Gasteiger partial charge >= 0.3 is 5.97 Å². The van der Waals surface area contributed by atoms with Gasteiger partial charge in [0.25, 0.3) is 0 Å². The summed E-state index contributed by atoms with van der Waals surface area (Å²) >= 11 is 0. The number of amides is 1. The van der Waals surface area contributed by atoms with Gasteiger partial charge in [-0.05, 0) is 6.42 Å². The van der Waals surface area contributed by atoms with Crippen LogP contribution in [0, 0.1) is 0 Å². The quantitative estimate of drug-likeness (QED) is 0.663. The predicted molar refractivity (Wildman–Crippen MR) is 54.2 cm³/mol. The highest BCUT2D eigenvalue weighted by molar-refractivity contribution is 7.91. The van der Waals surface area contributed by atoms with E-state index in [1.807, 2.05) is 0 Å². The summed E-state index contributed by atoms with van der Waals surface area (Å²) in [7, 11) is -1.86. The fourth-order valence-corrected chi connectivity index (χ4v) is 1.60. The fraction of sp³-hybridized carbons (Fsp3) is 0.750. The van der Waals surface area contributed by atoms with Crippen molar-refractivity contribution in [2.45, 2.75) is 12.8 Å². The van der Waals surface area contributed by atoms with E-state index in [9.17, 15) is 18.0 Å². The van der Waals surface area contributed by atoms with Crippen LogP contribution in [0.4, 0.5) is 0 Å². The molecule has 0 aliphatic carbocycles. The average Bonchev–Trinajstić information content (AvgIpc) is 1.99. The first-order valence-corrected chi connectivity index (χ1v) is 6.42. The number of rotatable bonds is 6. The molecule has 0 unspecified atom stereocenters. The van der Waals surface area contributed by atoms with Crippen LogP contribution in [0.5, 0.6) is 0 Å². The van der Waals surface area contributed by atoms with Crippen LogP contribution in [-0.4, -0.2) is 55.9 Å². The molecule has 1 N–H and O–H groups in total. The lowest BCUT2D eigenvalue weighted by molar-refractivity contribution is -0.137. The van der Waals surface area contributed by atoms with E-state index in [2.05, 4.69) is 0 Å². The smallest absolute Gasteiger partial charge is 0.303 e.